The number of nitrogens with zero attached hydrogens (tertiary/aromatic N) is 3. The summed E-state index contributed by atoms with van der Waals surface area (Å²) >= 11 is 0. The smallest absolute Gasteiger partial charge is 0.295 e. The number of aryl methyl sites for hydroxylation is 1. The van der Waals surface area contributed by atoms with Gasteiger partial charge in [-0.2, -0.15) is 0 Å². The normalized spacial score (nSPS) is 17.2. The second-order valence-corrected chi connectivity index (χ2v) is 9.34. The van der Waals surface area contributed by atoms with E-state index in [-0.39, 0.29) is 11.3 Å². The Balaban J connectivity index is 1.69. The minimum atomic E-state index is -0.667. The predicted octanol–water partition coefficient (Wildman–Crippen LogP) is 5.31. The molecule has 0 bridgehead atoms. The van der Waals surface area contributed by atoms with Crippen LogP contribution in [0.4, 0.5) is 0 Å². The number of ether oxygens (including phenoxy) is 1. The van der Waals surface area contributed by atoms with Crippen LogP contribution in [0.1, 0.15) is 62.3 Å². The Morgan fingerprint density at radius 2 is 1.78 bits per heavy atom. The van der Waals surface area contributed by atoms with Crippen LogP contribution in [-0.2, 0) is 16.1 Å². The maximum Gasteiger partial charge on any atom is 0.295 e. The van der Waals surface area contributed by atoms with Crippen molar-refractivity contribution in [3.8, 4) is 5.75 Å². The Morgan fingerprint density at radius 1 is 1.06 bits per heavy atom. The third-order valence-electron chi connectivity index (χ3n) is 6.43. The highest BCUT2D eigenvalue weighted by atomic mass is 16.5. The number of rotatable bonds is 10. The number of hydrogen-bond donors (Lipinski definition) is 1. The Bertz CT molecular complexity index is 1210. The fraction of sp³-hybridized carbons (Fsp3) is 0.345. The van der Waals surface area contributed by atoms with Gasteiger partial charge in [0.1, 0.15) is 11.5 Å². The average molecular weight is 488 g/mol. The van der Waals surface area contributed by atoms with E-state index in [1.807, 2.05) is 42.0 Å². The lowest BCUT2D eigenvalue weighted by Gasteiger charge is -2.26. The maximum absolute atomic E-state index is 13.2. The van der Waals surface area contributed by atoms with Gasteiger partial charge in [-0.05, 0) is 54.2 Å². The van der Waals surface area contributed by atoms with Crippen LogP contribution in [-0.4, -0.2) is 44.4 Å². The van der Waals surface area contributed by atoms with Crippen molar-refractivity contribution in [3.05, 3.63) is 89.5 Å². The Labute approximate surface area is 212 Å². The third kappa shape index (κ3) is 5.35. The summed E-state index contributed by atoms with van der Waals surface area (Å²) in [6.07, 6.45) is 6.84. The van der Waals surface area contributed by atoms with Crippen LogP contribution in [0, 0.1) is 0 Å². The molecule has 1 fully saturated rings. The Morgan fingerprint density at radius 3 is 2.39 bits per heavy atom. The van der Waals surface area contributed by atoms with Gasteiger partial charge >= 0.3 is 0 Å². The summed E-state index contributed by atoms with van der Waals surface area (Å²) in [6.45, 7) is 7.90. The monoisotopic (exact) mass is 487 g/mol. The molecule has 0 saturated carbocycles. The quantitative estimate of drug-likeness (QED) is 0.238. The van der Waals surface area contributed by atoms with Crippen LogP contribution in [0.25, 0.3) is 5.76 Å². The molecule has 7 heteroatoms. The first-order valence-corrected chi connectivity index (χ1v) is 12.5. The van der Waals surface area contributed by atoms with Crippen LogP contribution in [0.15, 0.2) is 72.8 Å². The first-order valence-electron chi connectivity index (χ1n) is 12.5. The summed E-state index contributed by atoms with van der Waals surface area (Å²) in [6, 6.07) is 14.2. The van der Waals surface area contributed by atoms with Crippen molar-refractivity contribution in [2.75, 3.05) is 13.2 Å². The summed E-state index contributed by atoms with van der Waals surface area (Å²) in [5.74, 6) is -0.393. The van der Waals surface area contributed by atoms with Gasteiger partial charge in [-0.15, -0.1) is 0 Å². The van der Waals surface area contributed by atoms with E-state index >= 15 is 0 Å². The molecule has 1 N–H and O–H groups in total. The standard InChI is InChI=1S/C29H33N3O4/c1-4-18-36-24-12-10-23(11-13-24)27(33)25-26(22-8-6-21(7-9-22)20(2)3)32(29(35)28(25)34)16-5-15-31-17-14-30-19-31/h6-14,17,19-20,26,33H,4-5,15-16,18H2,1-3H3/t26-/m0/s1. The van der Waals surface area contributed by atoms with Gasteiger partial charge in [0.05, 0.1) is 24.5 Å². The van der Waals surface area contributed by atoms with E-state index in [1.54, 1.807) is 41.7 Å². The summed E-state index contributed by atoms with van der Waals surface area (Å²) in [4.78, 5) is 32.0. The molecule has 1 saturated heterocycles. The largest absolute Gasteiger partial charge is 0.507 e. The molecule has 7 nitrogen and oxygen atoms in total. The number of aliphatic hydroxyl groups is 1. The van der Waals surface area contributed by atoms with E-state index in [2.05, 4.69) is 18.8 Å². The number of aliphatic hydroxyl groups excluding tert-OH is 1. The highest BCUT2D eigenvalue weighted by Crippen LogP contribution is 2.40. The van der Waals surface area contributed by atoms with Crippen molar-refractivity contribution in [2.45, 2.75) is 52.1 Å². The Hall–Kier alpha value is -3.87. The van der Waals surface area contributed by atoms with E-state index in [0.717, 1.165) is 12.0 Å². The van der Waals surface area contributed by atoms with E-state index < -0.39 is 17.7 Å². The zero-order valence-corrected chi connectivity index (χ0v) is 21.1. The third-order valence-corrected chi connectivity index (χ3v) is 6.43. The molecule has 4 rings (SSSR count). The van der Waals surface area contributed by atoms with Crippen molar-refractivity contribution in [2.24, 2.45) is 0 Å². The fourth-order valence-electron chi connectivity index (χ4n) is 4.45. The van der Waals surface area contributed by atoms with Crippen molar-refractivity contribution in [3.63, 3.8) is 0 Å². The van der Waals surface area contributed by atoms with Crippen LogP contribution < -0.4 is 4.74 Å². The number of imidazole rings is 1. The van der Waals surface area contributed by atoms with Gasteiger partial charge in [-0.25, -0.2) is 4.98 Å². The predicted molar refractivity (Wildman–Crippen MR) is 139 cm³/mol. The van der Waals surface area contributed by atoms with Gasteiger partial charge in [-0.1, -0.05) is 45.0 Å². The topological polar surface area (TPSA) is 84.7 Å². The van der Waals surface area contributed by atoms with Crippen LogP contribution in [0.2, 0.25) is 0 Å². The minimum Gasteiger partial charge on any atom is -0.507 e. The SMILES string of the molecule is CCCOc1ccc(C(O)=C2C(=O)C(=O)N(CCCn3ccnc3)[C@H]2c2ccc(C(C)C)cc2)cc1. The van der Waals surface area contributed by atoms with Crippen LogP contribution >= 0.6 is 0 Å². The molecule has 1 amide bonds. The molecule has 1 aromatic heterocycles. The highest BCUT2D eigenvalue weighted by Gasteiger charge is 2.45. The molecule has 2 aromatic carbocycles. The molecular weight excluding hydrogens is 454 g/mol. The molecule has 1 atom stereocenters. The average Bonchev–Trinajstić information content (AvgIpc) is 3.50. The molecule has 0 radical (unpaired) electrons. The number of Topliss-reactive ketones (excluding diaryl/α,β-unsaturated/α-hetero) is 1. The zero-order valence-electron chi connectivity index (χ0n) is 21.1. The molecular formula is C29H33N3O4. The summed E-state index contributed by atoms with van der Waals surface area (Å²) in [5.41, 5.74) is 2.55. The lowest BCUT2D eigenvalue weighted by molar-refractivity contribution is -0.139. The molecule has 2 heterocycles. The molecule has 0 spiro atoms. The molecule has 0 unspecified atom stereocenters. The van der Waals surface area contributed by atoms with Gasteiger partial charge in [-0.3, -0.25) is 9.59 Å². The number of hydrogen-bond acceptors (Lipinski definition) is 5. The number of ketones is 1. The van der Waals surface area contributed by atoms with Crippen molar-refractivity contribution in [1.29, 1.82) is 0 Å². The first-order chi connectivity index (χ1) is 17.4. The van der Waals surface area contributed by atoms with E-state index in [4.69, 9.17) is 4.74 Å². The van der Waals surface area contributed by atoms with Crippen molar-refractivity contribution in [1.82, 2.24) is 14.5 Å². The first kappa shape index (κ1) is 25.2. The minimum absolute atomic E-state index is 0.113. The number of amides is 1. The molecule has 1 aliphatic rings. The van der Waals surface area contributed by atoms with E-state index in [1.165, 1.54) is 5.56 Å². The van der Waals surface area contributed by atoms with E-state index in [0.29, 0.717) is 43.3 Å². The van der Waals surface area contributed by atoms with Crippen molar-refractivity contribution < 1.29 is 19.4 Å². The number of carbonyl (C=O) groups excluding carboxylic acids is 2. The van der Waals surface area contributed by atoms with Crippen LogP contribution in [0.3, 0.4) is 0 Å². The molecule has 36 heavy (non-hydrogen) atoms. The number of carbonyl (C=O) groups is 2. The highest BCUT2D eigenvalue weighted by molar-refractivity contribution is 6.46. The lowest BCUT2D eigenvalue weighted by Crippen LogP contribution is -2.31. The summed E-state index contributed by atoms with van der Waals surface area (Å²) in [5, 5.41) is 11.3. The van der Waals surface area contributed by atoms with Crippen molar-refractivity contribution >= 4 is 17.4 Å². The lowest BCUT2D eigenvalue weighted by atomic mass is 9.93. The molecule has 188 valence electrons. The molecule has 3 aromatic rings. The molecule has 0 aliphatic carbocycles. The zero-order chi connectivity index (χ0) is 25.7. The van der Waals surface area contributed by atoms with Gasteiger partial charge in [0.2, 0.25) is 0 Å². The maximum atomic E-state index is 13.2. The second kappa shape index (κ2) is 11.2. The number of aromatic nitrogens is 2. The van der Waals surface area contributed by atoms with Gasteiger partial charge in [0, 0.05) is 31.0 Å². The van der Waals surface area contributed by atoms with Gasteiger partial charge in [0.25, 0.3) is 11.7 Å². The molecule has 1 aliphatic heterocycles. The fourth-order valence-corrected chi connectivity index (χ4v) is 4.45. The number of benzene rings is 2. The summed E-state index contributed by atoms with van der Waals surface area (Å²) in [7, 11) is 0. The van der Waals surface area contributed by atoms with Gasteiger partial charge in [0.15, 0.2) is 0 Å². The van der Waals surface area contributed by atoms with Gasteiger partial charge < -0.3 is 19.3 Å². The Kier molecular flexibility index (Phi) is 7.88. The van der Waals surface area contributed by atoms with Crippen LogP contribution in [0.5, 0.6) is 5.75 Å². The second-order valence-electron chi connectivity index (χ2n) is 9.34. The summed E-state index contributed by atoms with van der Waals surface area (Å²) < 4.78 is 7.57. The number of likely N-dealkylation sites (tertiary alicyclic amines) is 1. The van der Waals surface area contributed by atoms with E-state index in [9.17, 15) is 14.7 Å².